The lowest BCUT2D eigenvalue weighted by molar-refractivity contribution is -0.133. The van der Waals surface area contributed by atoms with Crippen molar-refractivity contribution in [2.45, 2.75) is 32.1 Å². The fourth-order valence-corrected chi connectivity index (χ4v) is 3.26. The van der Waals surface area contributed by atoms with Crippen molar-refractivity contribution in [1.82, 2.24) is 4.90 Å². The number of amides is 1. The van der Waals surface area contributed by atoms with Gasteiger partial charge in [-0.1, -0.05) is 28.1 Å². The summed E-state index contributed by atoms with van der Waals surface area (Å²) in [4.78, 5) is 14.2. The number of hydrogen-bond acceptors (Lipinski definition) is 2. The van der Waals surface area contributed by atoms with Gasteiger partial charge in [0.15, 0.2) is 0 Å². The van der Waals surface area contributed by atoms with E-state index in [1.807, 2.05) is 17.0 Å². The minimum Gasteiger partial charge on any atom is -0.396 e. The third-order valence-electron chi connectivity index (χ3n) is 3.93. The highest BCUT2D eigenvalue weighted by molar-refractivity contribution is 9.10. The zero-order chi connectivity index (χ0) is 14.4. The van der Waals surface area contributed by atoms with Crippen LogP contribution in [0.2, 0.25) is 0 Å². The van der Waals surface area contributed by atoms with Crippen molar-refractivity contribution >= 4 is 21.8 Å². The number of aryl methyl sites for hydroxylation is 1. The third kappa shape index (κ3) is 4.60. The van der Waals surface area contributed by atoms with Gasteiger partial charge in [-0.05, 0) is 49.3 Å². The smallest absolute Gasteiger partial charge is 0.222 e. The molecule has 1 aliphatic rings. The summed E-state index contributed by atoms with van der Waals surface area (Å²) in [6.45, 7) is 1.92. The van der Waals surface area contributed by atoms with E-state index in [0.717, 1.165) is 43.2 Å². The summed E-state index contributed by atoms with van der Waals surface area (Å²) in [6.07, 6.45) is 4.38. The molecule has 20 heavy (non-hydrogen) atoms. The third-order valence-corrected chi connectivity index (χ3v) is 4.42. The molecule has 0 radical (unpaired) electrons. The summed E-state index contributed by atoms with van der Waals surface area (Å²) in [5, 5.41) is 9.01. The zero-order valence-electron chi connectivity index (χ0n) is 11.7. The van der Waals surface area contributed by atoms with Crippen molar-refractivity contribution in [2.75, 3.05) is 19.7 Å². The number of likely N-dealkylation sites (tertiary alicyclic amines) is 1. The minimum absolute atomic E-state index is 0.227. The molecule has 3 nitrogen and oxygen atoms in total. The van der Waals surface area contributed by atoms with E-state index < -0.39 is 0 Å². The van der Waals surface area contributed by atoms with Crippen LogP contribution in [0.5, 0.6) is 0 Å². The minimum atomic E-state index is 0.227. The van der Waals surface area contributed by atoms with Crippen LogP contribution >= 0.6 is 15.9 Å². The van der Waals surface area contributed by atoms with Gasteiger partial charge in [0.05, 0.1) is 0 Å². The van der Waals surface area contributed by atoms with E-state index in [4.69, 9.17) is 5.11 Å². The molecule has 110 valence electrons. The maximum absolute atomic E-state index is 12.3. The number of hydrogen-bond donors (Lipinski definition) is 1. The van der Waals surface area contributed by atoms with Gasteiger partial charge in [0.25, 0.3) is 0 Å². The summed E-state index contributed by atoms with van der Waals surface area (Å²) >= 11 is 3.45. The Morgan fingerprint density at radius 3 is 3.05 bits per heavy atom. The average Bonchev–Trinajstić information content (AvgIpc) is 2.45. The van der Waals surface area contributed by atoms with Crippen LogP contribution in [0, 0.1) is 5.92 Å². The number of benzene rings is 1. The van der Waals surface area contributed by atoms with Crippen LogP contribution in [0.1, 0.15) is 31.2 Å². The lowest BCUT2D eigenvalue weighted by Crippen LogP contribution is -2.40. The van der Waals surface area contributed by atoms with Gasteiger partial charge in [0, 0.05) is 30.6 Å². The van der Waals surface area contributed by atoms with Crippen LogP contribution < -0.4 is 0 Å². The fourth-order valence-electron chi connectivity index (χ4n) is 2.81. The highest BCUT2D eigenvalue weighted by atomic mass is 79.9. The molecule has 2 rings (SSSR count). The Bertz CT molecular complexity index is 448. The number of carbonyl (C=O) groups excluding carboxylic acids is 1. The van der Waals surface area contributed by atoms with E-state index in [1.54, 1.807) is 0 Å². The first-order chi connectivity index (χ1) is 9.69. The summed E-state index contributed by atoms with van der Waals surface area (Å²) in [7, 11) is 0. The Labute approximate surface area is 129 Å². The van der Waals surface area contributed by atoms with Crippen LogP contribution in [0.3, 0.4) is 0 Å². The molecule has 1 N–H and O–H groups in total. The quantitative estimate of drug-likeness (QED) is 0.895. The van der Waals surface area contributed by atoms with Gasteiger partial charge < -0.3 is 10.0 Å². The summed E-state index contributed by atoms with van der Waals surface area (Å²) in [6, 6.07) is 8.12. The van der Waals surface area contributed by atoms with Gasteiger partial charge >= 0.3 is 0 Å². The Kier molecular flexibility index (Phi) is 6.05. The summed E-state index contributed by atoms with van der Waals surface area (Å²) in [5.41, 5.74) is 1.19. The lowest BCUT2D eigenvalue weighted by atomic mass is 9.95. The number of piperidine rings is 1. The number of rotatable bonds is 5. The molecule has 1 aromatic carbocycles. The fraction of sp³-hybridized carbons (Fsp3) is 0.562. The number of carbonyl (C=O) groups is 1. The Hall–Kier alpha value is -0.870. The van der Waals surface area contributed by atoms with Crippen molar-refractivity contribution in [2.24, 2.45) is 5.92 Å². The molecule has 0 aliphatic carbocycles. The van der Waals surface area contributed by atoms with Crippen LogP contribution in [0.4, 0.5) is 0 Å². The first-order valence-electron chi connectivity index (χ1n) is 7.32. The highest BCUT2D eigenvalue weighted by Gasteiger charge is 2.22. The first-order valence-corrected chi connectivity index (χ1v) is 8.11. The van der Waals surface area contributed by atoms with Gasteiger partial charge in [0.1, 0.15) is 0 Å². The number of nitrogens with zero attached hydrogens (tertiary/aromatic N) is 1. The predicted octanol–water partition coefficient (Wildman–Crippen LogP) is 3.00. The molecule has 1 aromatic rings. The molecule has 1 heterocycles. The van der Waals surface area contributed by atoms with Gasteiger partial charge in [-0.2, -0.15) is 0 Å². The average molecular weight is 340 g/mol. The summed E-state index contributed by atoms with van der Waals surface area (Å²) in [5.74, 6) is 0.719. The molecule has 1 saturated heterocycles. The van der Waals surface area contributed by atoms with Crippen molar-refractivity contribution in [3.8, 4) is 0 Å². The Morgan fingerprint density at radius 1 is 1.45 bits per heavy atom. The molecule has 1 unspecified atom stereocenters. The second-order valence-electron chi connectivity index (χ2n) is 5.49. The second kappa shape index (κ2) is 7.79. The number of aliphatic hydroxyl groups excluding tert-OH is 1. The zero-order valence-corrected chi connectivity index (χ0v) is 13.3. The van der Waals surface area contributed by atoms with Crippen LogP contribution in [-0.4, -0.2) is 35.6 Å². The number of aliphatic hydroxyl groups is 1. The van der Waals surface area contributed by atoms with E-state index in [-0.39, 0.29) is 12.5 Å². The topological polar surface area (TPSA) is 40.5 Å². The monoisotopic (exact) mass is 339 g/mol. The highest BCUT2D eigenvalue weighted by Crippen LogP contribution is 2.20. The van der Waals surface area contributed by atoms with E-state index in [0.29, 0.717) is 12.3 Å². The first kappa shape index (κ1) is 15.5. The van der Waals surface area contributed by atoms with Gasteiger partial charge in [-0.25, -0.2) is 0 Å². The second-order valence-corrected chi connectivity index (χ2v) is 6.41. The normalized spacial score (nSPS) is 19.1. The molecule has 0 aromatic heterocycles. The maximum atomic E-state index is 12.3. The predicted molar refractivity (Wildman–Crippen MR) is 83.5 cm³/mol. The van der Waals surface area contributed by atoms with Gasteiger partial charge in [-0.15, -0.1) is 0 Å². The number of halogens is 1. The summed E-state index contributed by atoms with van der Waals surface area (Å²) < 4.78 is 1.06. The van der Waals surface area contributed by atoms with E-state index >= 15 is 0 Å². The molecule has 0 saturated carbocycles. The van der Waals surface area contributed by atoms with Crippen LogP contribution in [-0.2, 0) is 11.2 Å². The van der Waals surface area contributed by atoms with Gasteiger partial charge in [-0.3, -0.25) is 4.79 Å². The van der Waals surface area contributed by atoms with Gasteiger partial charge in [0.2, 0.25) is 5.91 Å². The molecule has 1 fully saturated rings. The van der Waals surface area contributed by atoms with Crippen molar-refractivity contribution < 1.29 is 9.90 Å². The molecule has 4 heteroatoms. The molecule has 1 atom stereocenters. The molecule has 1 amide bonds. The molecule has 0 spiro atoms. The standard InChI is InChI=1S/C16H22BrNO2/c17-15-5-1-3-13(11-15)6-7-16(20)18-9-2-4-14(12-18)8-10-19/h1,3,5,11,14,19H,2,4,6-10,12H2. The van der Waals surface area contributed by atoms with Crippen molar-refractivity contribution in [3.05, 3.63) is 34.3 Å². The molecular weight excluding hydrogens is 318 g/mol. The largest absolute Gasteiger partial charge is 0.396 e. The van der Waals surface area contributed by atoms with Crippen LogP contribution in [0.25, 0.3) is 0 Å². The SMILES string of the molecule is O=C(CCc1cccc(Br)c1)N1CCCC(CCO)C1. The van der Waals surface area contributed by atoms with E-state index in [2.05, 4.69) is 28.1 Å². The van der Waals surface area contributed by atoms with E-state index in [9.17, 15) is 4.79 Å². The molecule has 0 bridgehead atoms. The van der Waals surface area contributed by atoms with Crippen molar-refractivity contribution in [1.29, 1.82) is 0 Å². The Balaban J connectivity index is 1.82. The van der Waals surface area contributed by atoms with Crippen LogP contribution in [0.15, 0.2) is 28.7 Å². The Morgan fingerprint density at radius 2 is 2.30 bits per heavy atom. The lowest BCUT2D eigenvalue weighted by Gasteiger charge is -2.32. The molecular formula is C16H22BrNO2. The maximum Gasteiger partial charge on any atom is 0.222 e. The molecule has 1 aliphatic heterocycles. The van der Waals surface area contributed by atoms with Crippen molar-refractivity contribution in [3.63, 3.8) is 0 Å². The van der Waals surface area contributed by atoms with E-state index in [1.165, 1.54) is 5.56 Å².